The van der Waals surface area contributed by atoms with Gasteiger partial charge in [0, 0.05) is 13.1 Å². The molecule has 0 bridgehead atoms. The van der Waals surface area contributed by atoms with Crippen LogP contribution in [0.15, 0.2) is 30.3 Å². The maximum atomic E-state index is 4.42. The molecule has 0 radical (unpaired) electrons. The standard InChI is InChI=1S/C14H23NS/c1-3-7-14(12-16)11-15(2)10-13-8-5-4-6-9-13/h4-6,8-9,14,16H,3,7,10-12H2,1-2H3. The molecular formula is C14H23NS. The molecule has 1 unspecified atom stereocenters. The van der Waals surface area contributed by atoms with E-state index in [0.717, 1.165) is 24.8 Å². The fourth-order valence-electron chi connectivity index (χ4n) is 2.05. The van der Waals surface area contributed by atoms with Gasteiger partial charge in [0.25, 0.3) is 0 Å². The first-order chi connectivity index (χ1) is 7.76. The Labute approximate surface area is 105 Å². The van der Waals surface area contributed by atoms with Gasteiger partial charge in [-0.3, -0.25) is 0 Å². The third-order valence-corrected chi connectivity index (χ3v) is 3.34. The smallest absolute Gasteiger partial charge is 0.0230 e. The highest BCUT2D eigenvalue weighted by Crippen LogP contribution is 2.11. The van der Waals surface area contributed by atoms with Crippen LogP contribution in [-0.4, -0.2) is 24.2 Å². The van der Waals surface area contributed by atoms with E-state index in [0.29, 0.717) is 0 Å². The Morgan fingerprint density at radius 2 is 1.94 bits per heavy atom. The average Bonchev–Trinajstić information content (AvgIpc) is 2.29. The summed E-state index contributed by atoms with van der Waals surface area (Å²) < 4.78 is 0. The van der Waals surface area contributed by atoms with E-state index in [2.05, 4.69) is 61.8 Å². The maximum absolute atomic E-state index is 4.42. The lowest BCUT2D eigenvalue weighted by molar-refractivity contribution is 0.273. The molecule has 1 aromatic carbocycles. The first kappa shape index (κ1) is 13.6. The first-order valence-electron chi connectivity index (χ1n) is 6.09. The molecule has 1 nitrogen and oxygen atoms in total. The summed E-state index contributed by atoms with van der Waals surface area (Å²) in [4.78, 5) is 2.39. The summed E-state index contributed by atoms with van der Waals surface area (Å²) in [6.07, 6.45) is 2.53. The summed E-state index contributed by atoms with van der Waals surface area (Å²) in [7, 11) is 2.19. The van der Waals surface area contributed by atoms with Gasteiger partial charge in [-0.05, 0) is 30.7 Å². The van der Waals surface area contributed by atoms with Crippen LogP contribution in [0.1, 0.15) is 25.3 Å². The van der Waals surface area contributed by atoms with Crippen molar-refractivity contribution >= 4 is 12.6 Å². The summed E-state index contributed by atoms with van der Waals surface area (Å²) in [5.41, 5.74) is 1.39. The van der Waals surface area contributed by atoms with Gasteiger partial charge in [-0.2, -0.15) is 12.6 Å². The molecular weight excluding hydrogens is 214 g/mol. The van der Waals surface area contributed by atoms with Gasteiger partial charge in [-0.15, -0.1) is 0 Å². The molecule has 0 fully saturated rings. The monoisotopic (exact) mass is 237 g/mol. The second-order valence-electron chi connectivity index (χ2n) is 4.52. The molecule has 0 aliphatic rings. The predicted molar refractivity (Wildman–Crippen MR) is 75.0 cm³/mol. The topological polar surface area (TPSA) is 3.24 Å². The highest BCUT2D eigenvalue weighted by atomic mass is 32.1. The Morgan fingerprint density at radius 3 is 2.50 bits per heavy atom. The Kier molecular flexibility index (Phi) is 6.58. The highest BCUT2D eigenvalue weighted by molar-refractivity contribution is 7.80. The van der Waals surface area contributed by atoms with E-state index < -0.39 is 0 Å². The summed E-state index contributed by atoms with van der Waals surface area (Å²) >= 11 is 4.42. The number of thiol groups is 1. The normalized spacial score (nSPS) is 13.0. The van der Waals surface area contributed by atoms with E-state index in [-0.39, 0.29) is 0 Å². The number of hydrogen-bond acceptors (Lipinski definition) is 2. The van der Waals surface area contributed by atoms with Crippen molar-refractivity contribution < 1.29 is 0 Å². The van der Waals surface area contributed by atoms with Crippen LogP contribution in [0, 0.1) is 5.92 Å². The van der Waals surface area contributed by atoms with Crippen LogP contribution in [0.2, 0.25) is 0 Å². The van der Waals surface area contributed by atoms with Gasteiger partial charge in [0.2, 0.25) is 0 Å². The van der Waals surface area contributed by atoms with Gasteiger partial charge >= 0.3 is 0 Å². The van der Waals surface area contributed by atoms with E-state index in [1.165, 1.54) is 18.4 Å². The molecule has 0 aromatic heterocycles. The van der Waals surface area contributed by atoms with Crippen molar-refractivity contribution in [2.24, 2.45) is 5.92 Å². The molecule has 1 rings (SSSR count). The summed E-state index contributed by atoms with van der Waals surface area (Å²) in [6.45, 7) is 4.43. The van der Waals surface area contributed by atoms with Crippen molar-refractivity contribution in [2.75, 3.05) is 19.3 Å². The van der Waals surface area contributed by atoms with E-state index in [9.17, 15) is 0 Å². The number of nitrogens with zero attached hydrogens (tertiary/aromatic N) is 1. The lowest BCUT2D eigenvalue weighted by Gasteiger charge is -2.22. The van der Waals surface area contributed by atoms with E-state index in [1.807, 2.05) is 0 Å². The van der Waals surface area contributed by atoms with Crippen LogP contribution < -0.4 is 0 Å². The van der Waals surface area contributed by atoms with Gasteiger partial charge < -0.3 is 4.90 Å². The molecule has 0 saturated heterocycles. The summed E-state index contributed by atoms with van der Waals surface area (Å²) in [5.74, 6) is 1.72. The molecule has 0 N–H and O–H groups in total. The lowest BCUT2D eigenvalue weighted by atomic mass is 10.1. The fourth-order valence-corrected chi connectivity index (χ4v) is 2.35. The van der Waals surface area contributed by atoms with Gasteiger partial charge in [-0.1, -0.05) is 43.7 Å². The van der Waals surface area contributed by atoms with Crippen LogP contribution in [0.3, 0.4) is 0 Å². The Balaban J connectivity index is 2.37. The molecule has 90 valence electrons. The molecule has 0 heterocycles. The van der Waals surface area contributed by atoms with Gasteiger partial charge in [-0.25, -0.2) is 0 Å². The van der Waals surface area contributed by atoms with Crippen LogP contribution in [0.4, 0.5) is 0 Å². The molecule has 1 atom stereocenters. The average molecular weight is 237 g/mol. The molecule has 1 aromatic rings. The van der Waals surface area contributed by atoms with Crippen LogP contribution >= 0.6 is 12.6 Å². The highest BCUT2D eigenvalue weighted by Gasteiger charge is 2.09. The Morgan fingerprint density at radius 1 is 1.25 bits per heavy atom. The molecule has 0 spiro atoms. The van der Waals surface area contributed by atoms with Crippen molar-refractivity contribution in [3.8, 4) is 0 Å². The minimum Gasteiger partial charge on any atom is -0.302 e. The van der Waals surface area contributed by atoms with Crippen molar-refractivity contribution in [3.63, 3.8) is 0 Å². The summed E-state index contributed by atoms with van der Waals surface area (Å²) in [6, 6.07) is 10.6. The number of rotatable bonds is 7. The van der Waals surface area contributed by atoms with Crippen LogP contribution in [-0.2, 0) is 6.54 Å². The zero-order valence-electron chi connectivity index (χ0n) is 10.4. The molecule has 0 aliphatic carbocycles. The van der Waals surface area contributed by atoms with Crippen molar-refractivity contribution in [2.45, 2.75) is 26.3 Å². The van der Waals surface area contributed by atoms with Crippen LogP contribution in [0.5, 0.6) is 0 Å². The van der Waals surface area contributed by atoms with E-state index >= 15 is 0 Å². The fraction of sp³-hybridized carbons (Fsp3) is 0.571. The largest absolute Gasteiger partial charge is 0.302 e. The second-order valence-corrected chi connectivity index (χ2v) is 4.88. The third kappa shape index (κ3) is 5.04. The molecule has 0 saturated carbocycles. The molecule has 16 heavy (non-hydrogen) atoms. The van der Waals surface area contributed by atoms with Gasteiger partial charge in [0.15, 0.2) is 0 Å². The first-order valence-corrected chi connectivity index (χ1v) is 6.72. The van der Waals surface area contributed by atoms with Crippen molar-refractivity contribution in [1.82, 2.24) is 4.90 Å². The minimum atomic E-state index is 0.724. The SMILES string of the molecule is CCCC(CS)CN(C)Cc1ccccc1. The van der Waals surface area contributed by atoms with Gasteiger partial charge in [0.1, 0.15) is 0 Å². The minimum absolute atomic E-state index is 0.724. The van der Waals surface area contributed by atoms with E-state index in [1.54, 1.807) is 0 Å². The lowest BCUT2D eigenvalue weighted by Crippen LogP contribution is -2.26. The second kappa shape index (κ2) is 7.75. The van der Waals surface area contributed by atoms with Crippen LogP contribution in [0.25, 0.3) is 0 Å². The van der Waals surface area contributed by atoms with Crippen molar-refractivity contribution in [1.29, 1.82) is 0 Å². The predicted octanol–water partition coefficient (Wildman–Crippen LogP) is 3.46. The maximum Gasteiger partial charge on any atom is 0.0230 e. The zero-order valence-corrected chi connectivity index (χ0v) is 11.3. The quantitative estimate of drug-likeness (QED) is 0.711. The molecule has 0 aliphatic heterocycles. The number of hydrogen-bond donors (Lipinski definition) is 1. The molecule has 2 heteroatoms. The third-order valence-electron chi connectivity index (χ3n) is 2.82. The zero-order chi connectivity index (χ0) is 11.8. The van der Waals surface area contributed by atoms with Crippen molar-refractivity contribution in [3.05, 3.63) is 35.9 Å². The van der Waals surface area contributed by atoms with Gasteiger partial charge in [0.05, 0.1) is 0 Å². The van der Waals surface area contributed by atoms with E-state index in [4.69, 9.17) is 0 Å². The Hall–Kier alpha value is -0.470. The molecule has 0 amide bonds. The summed E-state index contributed by atoms with van der Waals surface area (Å²) in [5, 5.41) is 0. The number of benzene rings is 1. The Bertz CT molecular complexity index is 273.